The van der Waals surface area contributed by atoms with Crippen LogP contribution in [0.15, 0.2) is 53.0 Å². The van der Waals surface area contributed by atoms with Gasteiger partial charge >= 0.3 is 5.97 Å². The molecule has 7 heteroatoms. The molecule has 0 spiro atoms. The number of methoxy groups -OCH3 is 1. The largest absolute Gasteiger partial charge is 0.495 e. The van der Waals surface area contributed by atoms with Crippen LogP contribution in [0.2, 0.25) is 0 Å². The second-order valence-corrected chi connectivity index (χ2v) is 6.67. The maximum Gasteiger partial charge on any atom is 0.307 e. The minimum Gasteiger partial charge on any atom is -0.495 e. The Bertz CT molecular complexity index is 819. The Hall–Kier alpha value is -2.67. The maximum atomic E-state index is 12.2. The molecule has 142 valence electrons. The zero-order valence-electron chi connectivity index (χ0n) is 15.0. The summed E-state index contributed by atoms with van der Waals surface area (Å²) >= 11 is 3.30. The van der Waals surface area contributed by atoms with E-state index in [-0.39, 0.29) is 18.6 Å². The summed E-state index contributed by atoms with van der Waals surface area (Å²) in [7, 11) is 1.50. The van der Waals surface area contributed by atoms with Crippen molar-refractivity contribution in [2.24, 2.45) is 0 Å². The molecule has 0 radical (unpaired) electrons. The van der Waals surface area contributed by atoms with E-state index >= 15 is 0 Å². The minimum atomic E-state index is -0.995. The van der Waals surface area contributed by atoms with E-state index in [4.69, 9.17) is 9.47 Å². The predicted molar refractivity (Wildman–Crippen MR) is 105 cm³/mol. The van der Waals surface area contributed by atoms with Gasteiger partial charge in [0.1, 0.15) is 5.75 Å². The molecule has 2 aromatic rings. The van der Waals surface area contributed by atoms with E-state index in [0.29, 0.717) is 17.0 Å². The summed E-state index contributed by atoms with van der Waals surface area (Å²) in [4.78, 5) is 36.2. The normalized spacial score (nSPS) is 11.4. The quantitative estimate of drug-likeness (QED) is 0.502. The fraction of sp³-hybridized carbons (Fsp3) is 0.250. The smallest absolute Gasteiger partial charge is 0.307 e. The van der Waals surface area contributed by atoms with E-state index in [1.165, 1.54) is 14.0 Å². The molecule has 0 heterocycles. The number of nitrogens with one attached hydrogen (secondary N) is 1. The van der Waals surface area contributed by atoms with Crippen LogP contribution in [-0.2, 0) is 14.3 Å². The molecule has 0 aromatic heterocycles. The summed E-state index contributed by atoms with van der Waals surface area (Å²) in [6, 6.07) is 13.8. The number of ketones is 1. The number of rotatable bonds is 8. The molecule has 0 saturated heterocycles. The average molecular weight is 434 g/mol. The number of Topliss-reactive ketones (excluding diaryl/α,β-unsaturated/α-hetero) is 1. The molecule has 0 fully saturated rings. The van der Waals surface area contributed by atoms with E-state index < -0.39 is 18.0 Å². The molecular formula is C20H20BrNO5. The minimum absolute atomic E-state index is 0.0152. The van der Waals surface area contributed by atoms with Gasteiger partial charge in [-0.25, -0.2) is 0 Å². The molecule has 1 unspecified atom stereocenters. The van der Waals surface area contributed by atoms with E-state index in [0.717, 1.165) is 4.47 Å². The SMILES string of the molecule is COc1ccccc1NC(=O)C(C)OC(=O)CCC(=O)c1ccc(Br)cc1. The van der Waals surface area contributed by atoms with Crippen LogP contribution in [0.3, 0.4) is 0 Å². The molecule has 0 aliphatic heterocycles. The standard InChI is InChI=1S/C20H20BrNO5/c1-13(20(25)22-16-5-3-4-6-18(16)26-2)27-19(24)12-11-17(23)14-7-9-15(21)10-8-14/h3-10,13H,11-12H2,1-2H3,(H,22,25). The molecule has 2 aromatic carbocycles. The summed E-state index contributed by atoms with van der Waals surface area (Å²) < 4.78 is 11.1. The summed E-state index contributed by atoms with van der Waals surface area (Å²) in [5.41, 5.74) is 1.01. The van der Waals surface area contributed by atoms with Gasteiger partial charge in [0.25, 0.3) is 5.91 Å². The lowest BCUT2D eigenvalue weighted by Gasteiger charge is -2.15. The highest BCUT2D eigenvalue weighted by Gasteiger charge is 2.20. The fourth-order valence-electron chi connectivity index (χ4n) is 2.29. The number of ether oxygens (including phenoxy) is 2. The van der Waals surface area contributed by atoms with Crippen molar-refractivity contribution >= 4 is 39.3 Å². The molecule has 27 heavy (non-hydrogen) atoms. The van der Waals surface area contributed by atoms with Crippen LogP contribution < -0.4 is 10.1 Å². The van der Waals surface area contributed by atoms with Crippen molar-refractivity contribution in [2.45, 2.75) is 25.9 Å². The first-order valence-electron chi connectivity index (χ1n) is 8.33. The Morgan fingerprint density at radius 2 is 1.70 bits per heavy atom. The predicted octanol–water partition coefficient (Wildman–Crippen LogP) is 3.99. The fourth-order valence-corrected chi connectivity index (χ4v) is 2.55. The number of amides is 1. The van der Waals surface area contributed by atoms with Crippen molar-refractivity contribution in [2.75, 3.05) is 12.4 Å². The molecular weight excluding hydrogens is 414 g/mol. The number of para-hydroxylation sites is 2. The van der Waals surface area contributed by atoms with E-state index in [9.17, 15) is 14.4 Å². The van der Waals surface area contributed by atoms with Gasteiger partial charge in [-0.15, -0.1) is 0 Å². The monoisotopic (exact) mass is 433 g/mol. The van der Waals surface area contributed by atoms with Crippen molar-refractivity contribution in [1.82, 2.24) is 0 Å². The number of carbonyl (C=O) groups is 3. The first-order chi connectivity index (χ1) is 12.9. The summed E-state index contributed by atoms with van der Waals surface area (Å²) in [5.74, 6) is -0.745. The third-order valence-electron chi connectivity index (χ3n) is 3.76. The number of carbonyl (C=O) groups excluding carboxylic acids is 3. The Kier molecular flexibility index (Phi) is 7.55. The van der Waals surface area contributed by atoms with Crippen LogP contribution >= 0.6 is 15.9 Å². The van der Waals surface area contributed by atoms with Gasteiger partial charge in [-0.2, -0.15) is 0 Å². The van der Waals surface area contributed by atoms with Gasteiger partial charge < -0.3 is 14.8 Å². The van der Waals surface area contributed by atoms with Crippen LogP contribution in [0.4, 0.5) is 5.69 Å². The van der Waals surface area contributed by atoms with Gasteiger partial charge in [-0.3, -0.25) is 14.4 Å². The summed E-state index contributed by atoms with van der Waals surface area (Å²) in [5, 5.41) is 2.65. The summed E-state index contributed by atoms with van der Waals surface area (Å²) in [6.45, 7) is 1.47. The molecule has 1 atom stereocenters. The van der Waals surface area contributed by atoms with Crippen molar-refractivity contribution in [3.05, 3.63) is 58.6 Å². The molecule has 1 N–H and O–H groups in total. The lowest BCUT2D eigenvalue weighted by Crippen LogP contribution is -2.30. The maximum absolute atomic E-state index is 12.2. The van der Waals surface area contributed by atoms with E-state index in [2.05, 4.69) is 21.2 Å². The Balaban J connectivity index is 1.83. The van der Waals surface area contributed by atoms with Gasteiger partial charge in [0.05, 0.1) is 19.2 Å². The number of hydrogen-bond donors (Lipinski definition) is 1. The van der Waals surface area contributed by atoms with Crippen molar-refractivity contribution in [3.8, 4) is 5.75 Å². The highest BCUT2D eigenvalue weighted by atomic mass is 79.9. The lowest BCUT2D eigenvalue weighted by atomic mass is 10.1. The van der Waals surface area contributed by atoms with Crippen molar-refractivity contribution in [1.29, 1.82) is 0 Å². The molecule has 1 amide bonds. The Labute approximate surface area is 166 Å². The topological polar surface area (TPSA) is 81.7 Å². The first-order valence-corrected chi connectivity index (χ1v) is 9.12. The third kappa shape index (κ3) is 6.21. The number of anilines is 1. The number of esters is 1. The highest BCUT2D eigenvalue weighted by Crippen LogP contribution is 2.23. The second kappa shape index (κ2) is 9.87. The molecule has 0 saturated carbocycles. The van der Waals surface area contributed by atoms with Gasteiger partial charge in [-0.05, 0) is 31.2 Å². The number of benzene rings is 2. The van der Waals surface area contributed by atoms with Gasteiger partial charge in [-0.1, -0.05) is 40.2 Å². The van der Waals surface area contributed by atoms with Crippen LogP contribution in [0.1, 0.15) is 30.1 Å². The third-order valence-corrected chi connectivity index (χ3v) is 4.29. The van der Waals surface area contributed by atoms with Crippen molar-refractivity contribution < 1.29 is 23.9 Å². The highest BCUT2D eigenvalue weighted by molar-refractivity contribution is 9.10. The van der Waals surface area contributed by atoms with Crippen LogP contribution in [-0.4, -0.2) is 30.9 Å². The summed E-state index contributed by atoms with van der Waals surface area (Å²) in [6.07, 6.45) is -1.08. The molecule has 0 aliphatic rings. The average Bonchev–Trinajstić information content (AvgIpc) is 2.67. The lowest BCUT2D eigenvalue weighted by molar-refractivity contribution is -0.153. The zero-order chi connectivity index (χ0) is 19.8. The first kappa shape index (κ1) is 20.6. The van der Waals surface area contributed by atoms with Gasteiger partial charge in [0, 0.05) is 16.5 Å². The number of hydrogen-bond acceptors (Lipinski definition) is 5. The number of halogens is 1. The molecule has 0 bridgehead atoms. The Morgan fingerprint density at radius 3 is 2.37 bits per heavy atom. The van der Waals surface area contributed by atoms with E-state index in [1.54, 1.807) is 48.5 Å². The van der Waals surface area contributed by atoms with Crippen LogP contribution in [0.5, 0.6) is 5.75 Å². The molecule has 6 nitrogen and oxygen atoms in total. The van der Waals surface area contributed by atoms with Crippen LogP contribution in [0, 0.1) is 0 Å². The van der Waals surface area contributed by atoms with Gasteiger partial charge in [0.2, 0.25) is 0 Å². The second-order valence-electron chi connectivity index (χ2n) is 5.75. The van der Waals surface area contributed by atoms with Gasteiger partial charge in [0.15, 0.2) is 11.9 Å². The van der Waals surface area contributed by atoms with Crippen LogP contribution in [0.25, 0.3) is 0 Å². The molecule has 0 aliphatic carbocycles. The van der Waals surface area contributed by atoms with Crippen molar-refractivity contribution in [3.63, 3.8) is 0 Å². The Morgan fingerprint density at radius 1 is 1.04 bits per heavy atom. The van der Waals surface area contributed by atoms with E-state index in [1.807, 2.05) is 0 Å². The molecule has 2 rings (SSSR count). The zero-order valence-corrected chi connectivity index (χ0v) is 16.6.